The molecule has 1 unspecified atom stereocenters. The molecular formula is C16H25NS2. The normalized spacial score (nSPS) is 21.5. The van der Waals surface area contributed by atoms with Crippen LogP contribution in [0.3, 0.4) is 0 Å². The van der Waals surface area contributed by atoms with Crippen LogP contribution in [0.5, 0.6) is 0 Å². The van der Waals surface area contributed by atoms with Crippen LogP contribution in [0.2, 0.25) is 0 Å². The molecule has 19 heavy (non-hydrogen) atoms. The molecule has 0 amide bonds. The molecule has 2 aliphatic rings. The number of aryl methyl sites for hydroxylation is 1. The minimum atomic E-state index is 0.642. The van der Waals surface area contributed by atoms with E-state index in [0.29, 0.717) is 6.04 Å². The van der Waals surface area contributed by atoms with Crippen LogP contribution >= 0.6 is 23.1 Å². The van der Waals surface area contributed by atoms with Gasteiger partial charge in [-0.2, -0.15) is 11.8 Å². The van der Waals surface area contributed by atoms with Gasteiger partial charge < -0.3 is 5.32 Å². The Labute approximate surface area is 125 Å². The largest absolute Gasteiger partial charge is 0.309 e. The number of hydrogen-bond acceptors (Lipinski definition) is 3. The van der Waals surface area contributed by atoms with Crippen molar-refractivity contribution in [2.45, 2.75) is 57.2 Å². The van der Waals surface area contributed by atoms with Gasteiger partial charge in [-0.3, -0.25) is 0 Å². The van der Waals surface area contributed by atoms with Crippen molar-refractivity contribution in [1.82, 2.24) is 5.32 Å². The van der Waals surface area contributed by atoms with E-state index in [1.54, 1.807) is 15.3 Å². The predicted molar refractivity (Wildman–Crippen MR) is 87.2 cm³/mol. The zero-order valence-electron chi connectivity index (χ0n) is 11.9. The number of fused-ring (bicyclic) bond motifs is 1. The monoisotopic (exact) mass is 295 g/mol. The molecule has 0 bridgehead atoms. The standard InChI is InChI=1S/C16H25NS2/c1-2-8-17-16(12-5-3-4-6-12)15-10-13-11-18-9-7-14(13)19-15/h10,12,16-17H,2-9,11H2,1H3. The highest BCUT2D eigenvalue weighted by atomic mass is 32.2. The fourth-order valence-corrected chi connectivity index (χ4v) is 5.96. The van der Waals surface area contributed by atoms with E-state index in [9.17, 15) is 0 Å². The summed E-state index contributed by atoms with van der Waals surface area (Å²) in [5, 5.41) is 3.84. The molecule has 1 fully saturated rings. The van der Waals surface area contributed by atoms with E-state index < -0.39 is 0 Å². The van der Waals surface area contributed by atoms with E-state index in [-0.39, 0.29) is 0 Å². The molecule has 0 radical (unpaired) electrons. The minimum absolute atomic E-state index is 0.642. The maximum Gasteiger partial charge on any atom is 0.0443 e. The van der Waals surface area contributed by atoms with E-state index in [1.807, 2.05) is 0 Å². The van der Waals surface area contributed by atoms with Crippen LogP contribution in [0.4, 0.5) is 0 Å². The quantitative estimate of drug-likeness (QED) is 0.840. The lowest BCUT2D eigenvalue weighted by atomic mass is 9.96. The minimum Gasteiger partial charge on any atom is -0.309 e. The van der Waals surface area contributed by atoms with Crippen LogP contribution in [-0.2, 0) is 12.2 Å². The van der Waals surface area contributed by atoms with Gasteiger partial charge in [-0.15, -0.1) is 11.3 Å². The Morgan fingerprint density at radius 3 is 2.95 bits per heavy atom. The molecule has 1 aliphatic heterocycles. The molecule has 0 saturated heterocycles. The average Bonchev–Trinajstić information content (AvgIpc) is 3.08. The Bertz CT molecular complexity index is 383. The molecule has 3 heteroatoms. The van der Waals surface area contributed by atoms with Crippen molar-refractivity contribution in [3.8, 4) is 0 Å². The zero-order chi connectivity index (χ0) is 13.1. The summed E-state index contributed by atoms with van der Waals surface area (Å²) in [6, 6.07) is 3.17. The fourth-order valence-electron chi connectivity index (χ4n) is 3.41. The molecule has 1 nitrogen and oxygen atoms in total. The molecule has 1 N–H and O–H groups in total. The first-order chi connectivity index (χ1) is 9.38. The van der Waals surface area contributed by atoms with Gasteiger partial charge in [0.05, 0.1) is 0 Å². The number of nitrogens with one attached hydrogen (secondary N) is 1. The van der Waals surface area contributed by atoms with Gasteiger partial charge in [-0.25, -0.2) is 0 Å². The summed E-state index contributed by atoms with van der Waals surface area (Å²) in [5.74, 6) is 3.46. The Balaban J connectivity index is 1.79. The molecule has 1 aromatic heterocycles. The summed E-state index contributed by atoms with van der Waals surface area (Å²) in [4.78, 5) is 3.31. The Kier molecular flexibility index (Phi) is 4.88. The summed E-state index contributed by atoms with van der Waals surface area (Å²) in [7, 11) is 0. The van der Waals surface area contributed by atoms with Crippen LogP contribution in [0.15, 0.2) is 6.07 Å². The van der Waals surface area contributed by atoms with Gasteiger partial charge in [0, 0.05) is 21.5 Å². The molecule has 1 atom stereocenters. The number of thioether (sulfide) groups is 1. The first-order valence-electron chi connectivity index (χ1n) is 7.81. The second-order valence-corrected chi connectivity index (χ2v) is 8.15. The smallest absolute Gasteiger partial charge is 0.0443 e. The van der Waals surface area contributed by atoms with E-state index in [0.717, 1.165) is 5.92 Å². The van der Waals surface area contributed by atoms with Crippen molar-refractivity contribution < 1.29 is 0 Å². The van der Waals surface area contributed by atoms with Gasteiger partial charge in [0.1, 0.15) is 0 Å². The lowest BCUT2D eigenvalue weighted by Gasteiger charge is -2.23. The maximum atomic E-state index is 3.84. The van der Waals surface area contributed by atoms with E-state index in [4.69, 9.17) is 0 Å². The molecule has 0 spiro atoms. The van der Waals surface area contributed by atoms with Crippen LogP contribution in [0.25, 0.3) is 0 Å². The molecule has 1 aliphatic carbocycles. The van der Waals surface area contributed by atoms with Gasteiger partial charge >= 0.3 is 0 Å². The Morgan fingerprint density at radius 1 is 1.37 bits per heavy atom. The third kappa shape index (κ3) is 3.20. The lowest BCUT2D eigenvalue weighted by molar-refractivity contribution is 0.373. The van der Waals surface area contributed by atoms with Crippen molar-refractivity contribution in [2.75, 3.05) is 12.3 Å². The second-order valence-electron chi connectivity index (χ2n) is 5.88. The topological polar surface area (TPSA) is 12.0 Å². The highest BCUT2D eigenvalue weighted by Crippen LogP contribution is 2.41. The Hall–Kier alpha value is 0.01000. The summed E-state index contributed by atoms with van der Waals surface area (Å²) >= 11 is 4.20. The second kappa shape index (κ2) is 6.64. The van der Waals surface area contributed by atoms with Gasteiger partial charge in [-0.1, -0.05) is 19.8 Å². The van der Waals surface area contributed by atoms with Gasteiger partial charge in [0.2, 0.25) is 0 Å². The summed E-state index contributed by atoms with van der Waals surface area (Å²) < 4.78 is 0. The van der Waals surface area contributed by atoms with Crippen LogP contribution < -0.4 is 5.32 Å². The highest BCUT2D eigenvalue weighted by molar-refractivity contribution is 7.98. The highest BCUT2D eigenvalue weighted by Gasteiger charge is 2.28. The summed E-state index contributed by atoms with van der Waals surface area (Å²) in [6.45, 7) is 3.44. The SMILES string of the molecule is CCCNC(c1cc2c(s1)CCSC2)C1CCCC1. The van der Waals surface area contributed by atoms with Crippen molar-refractivity contribution >= 4 is 23.1 Å². The van der Waals surface area contributed by atoms with Gasteiger partial charge in [-0.05, 0) is 55.5 Å². The zero-order valence-corrected chi connectivity index (χ0v) is 13.5. The van der Waals surface area contributed by atoms with Crippen molar-refractivity contribution in [3.05, 3.63) is 21.4 Å². The molecule has 0 aromatic carbocycles. The van der Waals surface area contributed by atoms with Crippen molar-refractivity contribution in [3.63, 3.8) is 0 Å². The van der Waals surface area contributed by atoms with E-state index in [1.165, 1.54) is 56.6 Å². The average molecular weight is 296 g/mol. The summed E-state index contributed by atoms with van der Waals surface area (Å²) in [6.07, 6.45) is 8.28. The van der Waals surface area contributed by atoms with Crippen molar-refractivity contribution in [2.24, 2.45) is 5.92 Å². The van der Waals surface area contributed by atoms with Crippen molar-refractivity contribution in [1.29, 1.82) is 0 Å². The van der Waals surface area contributed by atoms with E-state index >= 15 is 0 Å². The number of thiophene rings is 1. The van der Waals surface area contributed by atoms with Gasteiger partial charge in [0.25, 0.3) is 0 Å². The fraction of sp³-hybridized carbons (Fsp3) is 0.750. The third-order valence-electron chi connectivity index (χ3n) is 4.44. The first-order valence-corrected chi connectivity index (χ1v) is 9.78. The van der Waals surface area contributed by atoms with E-state index in [2.05, 4.69) is 41.4 Å². The predicted octanol–water partition coefficient (Wildman–Crippen LogP) is 4.77. The molecule has 106 valence electrons. The lowest BCUT2D eigenvalue weighted by Crippen LogP contribution is -2.27. The number of hydrogen-bond donors (Lipinski definition) is 1. The van der Waals surface area contributed by atoms with Crippen LogP contribution in [0.1, 0.15) is 60.4 Å². The Morgan fingerprint density at radius 2 is 2.21 bits per heavy atom. The molecule has 1 saturated carbocycles. The first kappa shape index (κ1) is 14.0. The summed E-state index contributed by atoms with van der Waals surface area (Å²) in [5.41, 5.74) is 1.64. The molecular weight excluding hydrogens is 270 g/mol. The molecule has 2 heterocycles. The molecule has 1 aromatic rings. The van der Waals surface area contributed by atoms with Gasteiger partial charge in [0.15, 0.2) is 0 Å². The third-order valence-corrected chi connectivity index (χ3v) is 6.77. The maximum absolute atomic E-state index is 3.84. The van der Waals surface area contributed by atoms with Crippen LogP contribution in [0, 0.1) is 5.92 Å². The number of rotatable bonds is 5. The molecule has 3 rings (SSSR count). The van der Waals surface area contributed by atoms with Crippen LogP contribution in [-0.4, -0.2) is 12.3 Å².